The minimum atomic E-state index is -0.376. The van der Waals surface area contributed by atoms with Crippen LogP contribution in [-0.2, 0) is 6.42 Å². The van der Waals surface area contributed by atoms with Crippen LogP contribution in [-0.4, -0.2) is 18.3 Å². The number of alkyl halides is 1. The fourth-order valence-corrected chi connectivity index (χ4v) is 2.59. The highest BCUT2D eigenvalue weighted by atomic mass is 19.1. The van der Waals surface area contributed by atoms with Crippen LogP contribution in [0.5, 0.6) is 5.75 Å². The molecule has 112 valence electrons. The zero-order chi connectivity index (χ0) is 15.2. The van der Waals surface area contributed by atoms with Crippen molar-refractivity contribution in [2.75, 3.05) is 18.5 Å². The molecule has 0 spiro atoms. The first-order chi connectivity index (χ1) is 10.2. The van der Waals surface area contributed by atoms with Gasteiger partial charge in [-0.1, -0.05) is 25.5 Å². The average molecular weight is 287 g/mol. The van der Waals surface area contributed by atoms with E-state index in [0.717, 1.165) is 40.8 Å². The summed E-state index contributed by atoms with van der Waals surface area (Å²) in [6.07, 6.45) is 1.97. The van der Waals surface area contributed by atoms with Crippen LogP contribution in [0.4, 0.5) is 10.1 Å². The summed E-state index contributed by atoms with van der Waals surface area (Å²) in [6.45, 7) is 4.14. The number of anilines is 1. The van der Waals surface area contributed by atoms with Gasteiger partial charge in [-0.25, -0.2) is 4.39 Å². The third-order valence-corrected chi connectivity index (χ3v) is 3.55. The number of phenols is 1. The van der Waals surface area contributed by atoms with Gasteiger partial charge in [0.25, 0.3) is 0 Å². The quantitative estimate of drug-likeness (QED) is 0.807. The second-order valence-corrected chi connectivity index (χ2v) is 5.24. The lowest BCUT2D eigenvalue weighted by Crippen LogP contribution is -2.03. The molecule has 0 unspecified atom stereocenters. The van der Waals surface area contributed by atoms with Crippen LogP contribution in [0.1, 0.15) is 24.5 Å². The van der Waals surface area contributed by atoms with Crippen LogP contribution in [0.2, 0.25) is 0 Å². The molecule has 0 saturated carbocycles. The zero-order valence-corrected chi connectivity index (χ0v) is 12.6. The number of nitrogens with one attached hydrogen (secondary N) is 1. The monoisotopic (exact) mass is 287 g/mol. The molecular weight excluding hydrogens is 265 g/mol. The molecule has 3 heteroatoms. The number of benzene rings is 2. The number of hydrogen-bond donors (Lipinski definition) is 2. The number of rotatable bonds is 6. The Hall–Kier alpha value is -2.03. The van der Waals surface area contributed by atoms with Gasteiger partial charge in [-0.05, 0) is 59.9 Å². The van der Waals surface area contributed by atoms with Crippen molar-refractivity contribution in [2.45, 2.75) is 26.7 Å². The summed E-state index contributed by atoms with van der Waals surface area (Å²) in [4.78, 5) is 0. The van der Waals surface area contributed by atoms with E-state index in [1.165, 1.54) is 0 Å². The fourth-order valence-electron chi connectivity index (χ4n) is 2.59. The second kappa shape index (κ2) is 7.11. The molecule has 0 aliphatic rings. The maximum absolute atomic E-state index is 12.2. The summed E-state index contributed by atoms with van der Waals surface area (Å²) in [5.74, 6) is 0.307. The Morgan fingerprint density at radius 1 is 1.10 bits per heavy atom. The van der Waals surface area contributed by atoms with Crippen molar-refractivity contribution in [1.29, 1.82) is 0 Å². The maximum Gasteiger partial charge on any atom is 0.115 e. The normalized spacial score (nSPS) is 10.6. The molecule has 0 atom stereocenters. The van der Waals surface area contributed by atoms with Gasteiger partial charge in [-0.15, -0.1) is 0 Å². The van der Waals surface area contributed by atoms with E-state index in [-0.39, 0.29) is 6.67 Å². The lowest BCUT2D eigenvalue weighted by molar-refractivity contribution is 0.474. The minimum Gasteiger partial charge on any atom is -0.508 e. The molecule has 0 saturated heterocycles. The topological polar surface area (TPSA) is 32.3 Å². The van der Waals surface area contributed by atoms with Crippen molar-refractivity contribution in [3.8, 4) is 16.9 Å². The zero-order valence-electron chi connectivity index (χ0n) is 12.6. The second-order valence-electron chi connectivity index (χ2n) is 5.24. The van der Waals surface area contributed by atoms with E-state index in [2.05, 4.69) is 25.2 Å². The minimum absolute atomic E-state index is 0.307. The molecule has 21 heavy (non-hydrogen) atoms. The van der Waals surface area contributed by atoms with Crippen LogP contribution < -0.4 is 5.32 Å². The Labute approximate surface area is 125 Å². The van der Waals surface area contributed by atoms with Crippen LogP contribution in [0.3, 0.4) is 0 Å². The molecule has 0 aliphatic heterocycles. The van der Waals surface area contributed by atoms with E-state index >= 15 is 0 Å². The summed E-state index contributed by atoms with van der Waals surface area (Å²) >= 11 is 0. The third kappa shape index (κ3) is 3.75. The molecule has 2 nitrogen and oxygen atoms in total. The SMILES string of the molecule is CCCc1cc(O)ccc1-c1ccc(NCCF)cc1C. The number of aryl methyl sites for hydroxylation is 2. The highest BCUT2D eigenvalue weighted by Gasteiger charge is 2.09. The van der Waals surface area contributed by atoms with E-state index in [0.29, 0.717) is 12.3 Å². The predicted octanol–water partition coefficient (Wildman–Crippen LogP) is 4.70. The standard InChI is InChI=1S/C18H22FNO/c1-3-4-14-12-16(21)6-8-18(14)17-7-5-15(11-13(17)2)20-10-9-19/h5-8,11-12,20-21H,3-4,9-10H2,1-2H3. The van der Waals surface area contributed by atoms with Crippen molar-refractivity contribution in [3.05, 3.63) is 47.5 Å². The van der Waals surface area contributed by atoms with E-state index in [1.54, 1.807) is 6.07 Å². The number of phenolic OH excluding ortho intramolecular Hbond substituents is 1. The van der Waals surface area contributed by atoms with Gasteiger partial charge in [0, 0.05) is 12.2 Å². The first kappa shape index (κ1) is 15.4. The van der Waals surface area contributed by atoms with Crippen molar-refractivity contribution in [2.24, 2.45) is 0 Å². The molecule has 0 amide bonds. The average Bonchev–Trinajstić information content (AvgIpc) is 2.46. The Balaban J connectivity index is 2.37. The van der Waals surface area contributed by atoms with Gasteiger partial charge in [-0.2, -0.15) is 0 Å². The van der Waals surface area contributed by atoms with Gasteiger partial charge in [-0.3, -0.25) is 0 Å². The summed E-state index contributed by atoms with van der Waals surface area (Å²) in [5, 5.41) is 12.7. The van der Waals surface area contributed by atoms with Gasteiger partial charge in [0.15, 0.2) is 0 Å². The Morgan fingerprint density at radius 2 is 1.86 bits per heavy atom. The molecule has 0 radical (unpaired) electrons. The smallest absolute Gasteiger partial charge is 0.115 e. The predicted molar refractivity (Wildman–Crippen MR) is 86.7 cm³/mol. The molecule has 0 aliphatic carbocycles. The lowest BCUT2D eigenvalue weighted by Gasteiger charge is -2.14. The number of halogens is 1. The highest BCUT2D eigenvalue weighted by molar-refractivity contribution is 5.73. The van der Waals surface area contributed by atoms with Crippen LogP contribution in [0.25, 0.3) is 11.1 Å². The highest BCUT2D eigenvalue weighted by Crippen LogP contribution is 2.31. The fraction of sp³-hybridized carbons (Fsp3) is 0.333. The van der Waals surface area contributed by atoms with Crippen molar-refractivity contribution in [1.82, 2.24) is 0 Å². The van der Waals surface area contributed by atoms with E-state index in [9.17, 15) is 9.50 Å². The molecule has 2 rings (SSSR count). The number of aromatic hydroxyl groups is 1. The Kier molecular flexibility index (Phi) is 5.20. The molecule has 0 aromatic heterocycles. The maximum atomic E-state index is 12.2. The van der Waals surface area contributed by atoms with E-state index in [4.69, 9.17) is 0 Å². The van der Waals surface area contributed by atoms with E-state index in [1.807, 2.05) is 24.3 Å². The Morgan fingerprint density at radius 3 is 2.52 bits per heavy atom. The first-order valence-electron chi connectivity index (χ1n) is 7.38. The first-order valence-corrected chi connectivity index (χ1v) is 7.38. The molecule has 2 aromatic carbocycles. The third-order valence-electron chi connectivity index (χ3n) is 3.55. The van der Waals surface area contributed by atoms with Gasteiger partial charge < -0.3 is 10.4 Å². The van der Waals surface area contributed by atoms with Crippen LogP contribution in [0, 0.1) is 6.92 Å². The summed E-state index contributed by atoms with van der Waals surface area (Å²) < 4.78 is 12.2. The van der Waals surface area contributed by atoms with Gasteiger partial charge in [0.1, 0.15) is 12.4 Å². The largest absolute Gasteiger partial charge is 0.508 e. The van der Waals surface area contributed by atoms with Gasteiger partial charge >= 0.3 is 0 Å². The van der Waals surface area contributed by atoms with Crippen molar-refractivity contribution in [3.63, 3.8) is 0 Å². The Bertz CT molecular complexity index is 610. The molecule has 0 bridgehead atoms. The van der Waals surface area contributed by atoms with Crippen molar-refractivity contribution >= 4 is 5.69 Å². The van der Waals surface area contributed by atoms with Crippen molar-refractivity contribution < 1.29 is 9.50 Å². The lowest BCUT2D eigenvalue weighted by atomic mass is 9.93. The summed E-state index contributed by atoms with van der Waals surface area (Å²) in [6, 6.07) is 11.6. The van der Waals surface area contributed by atoms with Crippen LogP contribution >= 0.6 is 0 Å². The molecular formula is C18H22FNO. The summed E-state index contributed by atoms with van der Waals surface area (Å²) in [5.41, 5.74) is 5.55. The van der Waals surface area contributed by atoms with Gasteiger partial charge in [0.2, 0.25) is 0 Å². The summed E-state index contributed by atoms with van der Waals surface area (Å²) in [7, 11) is 0. The van der Waals surface area contributed by atoms with Gasteiger partial charge in [0.05, 0.1) is 0 Å². The van der Waals surface area contributed by atoms with Crippen LogP contribution in [0.15, 0.2) is 36.4 Å². The van der Waals surface area contributed by atoms with E-state index < -0.39 is 0 Å². The number of hydrogen-bond acceptors (Lipinski definition) is 2. The molecule has 0 heterocycles. The molecule has 2 N–H and O–H groups in total. The molecule has 2 aromatic rings. The molecule has 0 fully saturated rings.